The minimum Gasteiger partial charge on any atom is -0.493 e. The van der Waals surface area contributed by atoms with Gasteiger partial charge in [-0.1, -0.05) is 58.8 Å². The Bertz CT molecular complexity index is 1930. The number of benzene rings is 3. The lowest BCUT2D eigenvalue weighted by Crippen LogP contribution is -2.40. The van der Waals surface area contributed by atoms with E-state index in [0.29, 0.717) is 42.1 Å². The van der Waals surface area contributed by atoms with Crippen LogP contribution >= 0.6 is 34.5 Å². The Morgan fingerprint density at radius 2 is 1.82 bits per heavy atom. The first-order valence-corrected chi connectivity index (χ1v) is 15.4. The molecule has 1 atom stereocenters. The molecule has 2 heterocycles. The van der Waals surface area contributed by atoms with Crippen molar-refractivity contribution in [1.29, 1.82) is 0 Å². The van der Waals surface area contributed by atoms with Gasteiger partial charge in [-0.05, 0) is 67.4 Å². The number of ether oxygens (including phenoxy) is 3. The molecule has 8 nitrogen and oxygen atoms in total. The van der Waals surface area contributed by atoms with Crippen molar-refractivity contribution >= 4 is 52.3 Å². The van der Waals surface area contributed by atoms with Crippen LogP contribution in [0.4, 0.5) is 5.69 Å². The quantitative estimate of drug-likeness (QED) is 0.214. The molecule has 1 aliphatic heterocycles. The number of allylic oxidation sites excluding steroid dienone is 1. The third-order valence-corrected chi connectivity index (χ3v) is 8.70. The molecule has 0 saturated carbocycles. The second-order valence-corrected chi connectivity index (χ2v) is 12.1. The second kappa shape index (κ2) is 13.3. The molecule has 0 saturated heterocycles. The number of fused-ring (bicyclic) bond motifs is 1. The average Bonchev–Trinajstić information content (AvgIpc) is 3.30. The molecule has 0 N–H and O–H groups in total. The molecule has 0 fully saturated rings. The molecular formula is C33H31Cl2N3O5S. The number of esters is 1. The fraction of sp³-hybridized carbons (Fsp3) is 0.242. The molecule has 44 heavy (non-hydrogen) atoms. The van der Waals surface area contributed by atoms with E-state index in [1.807, 2.05) is 49.3 Å². The fourth-order valence-electron chi connectivity index (χ4n) is 4.89. The maximum absolute atomic E-state index is 14.0. The summed E-state index contributed by atoms with van der Waals surface area (Å²) in [5, 5.41) is 1.02. The number of carbonyl (C=O) groups is 1. The minimum atomic E-state index is -0.794. The number of thiazole rings is 1. The van der Waals surface area contributed by atoms with E-state index in [1.54, 1.807) is 54.8 Å². The SMILES string of the molecule is CCOC(=O)C1=C(C)N=c2sc(=Cc3ccc(N(C)C)cc3)c(=O)n2[C@@H]1c1ccc(OCc2ccc(Cl)cc2Cl)c(OC)c1. The molecule has 0 bridgehead atoms. The summed E-state index contributed by atoms with van der Waals surface area (Å²) in [5.74, 6) is 0.353. The second-order valence-electron chi connectivity index (χ2n) is 10.2. The molecule has 3 aromatic carbocycles. The van der Waals surface area contributed by atoms with E-state index in [2.05, 4.69) is 4.99 Å². The predicted octanol–water partition coefficient (Wildman–Crippen LogP) is 5.76. The van der Waals surface area contributed by atoms with Gasteiger partial charge >= 0.3 is 5.97 Å². The third-order valence-electron chi connectivity index (χ3n) is 7.13. The molecule has 0 unspecified atom stereocenters. The van der Waals surface area contributed by atoms with E-state index in [0.717, 1.165) is 16.8 Å². The third kappa shape index (κ3) is 6.40. The summed E-state index contributed by atoms with van der Waals surface area (Å²) in [6.45, 7) is 3.85. The van der Waals surface area contributed by atoms with Gasteiger partial charge in [-0.2, -0.15) is 0 Å². The lowest BCUT2D eigenvalue weighted by Gasteiger charge is -2.25. The molecule has 0 radical (unpaired) electrons. The van der Waals surface area contributed by atoms with E-state index in [9.17, 15) is 9.59 Å². The summed E-state index contributed by atoms with van der Waals surface area (Å²) < 4.78 is 19.2. The van der Waals surface area contributed by atoms with E-state index >= 15 is 0 Å². The predicted molar refractivity (Wildman–Crippen MR) is 175 cm³/mol. The zero-order valence-electron chi connectivity index (χ0n) is 24.9. The van der Waals surface area contributed by atoms with Crippen LogP contribution in [0.5, 0.6) is 11.5 Å². The van der Waals surface area contributed by atoms with Gasteiger partial charge in [-0.25, -0.2) is 9.79 Å². The van der Waals surface area contributed by atoms with E-state index < -0.39 is 12.0 Å². The summed E-state index contributed by atoms with van der Waals surface area (Å²) in [7, 11) is 5.47. The van der Waals surface area contributed by atoms with Gasteiger partial charge in [0, 0.05) is 35.4 Å². The Kier molecular flexibility index (Phi) is 9.48. The van der Waals surface area contributed by atoms with E-state index in [1.165, 1.54) is 18.4 Å². The van der Waals surface area contributed by atoms with Crippen molar-refractivity contribution in [1.82, 2.24) is 4.57 Å². The lowest BCUT2D eigenvalue weighted by atomic mass is 9.95. The number of halogens is 2. The molecule has 1 aromatic heterocycles. The highest BCUT2D eigenvalue weighted by Gasteiger charge is 2.34. The van der Waals surface area contributed by atoms with Crippen molar-refractivity contribution in [3.05, 3.63) is 118 Å². The Balaban J connectivity index is 1.58. The highest BCUT2D eigenvalue weighted by molar-refractivity contribution is 7.07. The Labute approximate surface area is 269 Å². The van der Waals surface area contributed by atoms with Crippen LogP contribution < -0.4 is 29.3 Å². The lowest BCUT2D eigenvalue weighted by molar-refractivity contribution is -0.139. The molecule has 11 heteroatoms. The van der Waals surface area contributed by atoms with E-state index in [-0.39, 0.29) is 24.3 Å². The monoisotopic (exact) mass is 651 g/mol. The van der Waals surface area contributed by atoms with Crippen LogP contribution in [0, 0.1) is 0 Å². The molecule has 1 aliphatic rings. The first kappa shape index (κ1) is 31.4. The first-order valence-electron chi connectivity index (χ1n) is 13.8. The van der Waals surface area contributed by atoms with Crippen molar-refractivity contribution in [2.75, 3.05) is 32.7 Å². The largest absolute Gasteiger partial charge is 0.493 e. The number of aromatic nitrogens is 1. The summed E-state index contributed by atoms with van der Waals surface area (Å²) in [4.78, 5) is 34.4. The number of nitrogens with zero attached hydrogens (tertiary/aromatic N) is 3. The molecular weight excluding hydrogens is 621 g/mol. The average molecular weight is 653 g/mol. The van der Waals surface area contributed by atoms with Crippen molar-refractivity contribution in [2.24, 2.45) is 4.99 Å². The summed E-state index contributed by atoms with van der Waals surface area (Å²) in [5.41, 5.74) is 3.83. The van der Waals surface area contributed by atoms with Crippen molar-refractivity contribution in [3.8, 4) is 11.5 Å². The van der Waals surface area contributed by atoms with Gasteiger partial charge in [-0.3, -0.25) is 9.36 Å². The van der Waals surface area contributed by atoms with Crippen LogP contribution in [0.25, 0.3) is 6.08 Å². The Morgan fingerprint density at radius 1 is 1.07 bits per heavy atom. The van der Waals surface area contributed by atoms with Crippen LogP contribution in [0.1, 0.15) is 36.6 Å². The van der Waals surface area contributed by atoms with Crippen molar-refractivity contribution < 1.29 is 19.0 Å². The summed E-state index contributed by atoms with van der Waals surface area (Å²) in [6.07, 6.45) is 1.84. The number of hydrogen-bond acceptors (Lipinski definition) is 8. The Hall–Kier alpha value is -4.05. The standard InChI is InChI=1S/C33H31Cl2N3O5S/c1-6-42-32(40)29-19(2)36-33-38(31(39)28(44-33)15-20-7-12-24(13-8-20)37(3)4)30(29)21-10-14-26(27(16-21)41-5)43-18-22-9-11-23(34)17-25(22)35/h7-17,30H,6,18H2,1-5H3/t30-/m1/s1. The maximum Gasteiger partial charge on any atom is 0.338 e. The van der Waals surface area contributed by atoms with Gasteiger partial charge < -0.3 is 19.1 Å². The highest BCUT2D eigenvalue weighted by Crippen LogP contribution is 2.37. The molecule has 0 amide bonds. The van der Waals surface area contributed by atoms with Gasteiger partial charge in [-0.15, -0.1) is 0 Å². The normalized spacial score (nSPS) is 14.6. The summed E-state index contributed by atoms with van der Waals surface area (Å²) >= 11 is 13.6. The number of rotatable bonds is 9. The van der Waals surface area contributed by atoms with E-state index in [4.69, 9.17) is 37.4 Å². The zero-order valence-corrected chi connectivity index (χ0v) is 27.2. The molecule has 228 valence electrons. The Morgan fingerprint density at radius 3 is 2.48 bits per heavy atom. The van der Waals surface area contributed by atoms with Crippen molar-refractivity contribution in [3.63, 3.8) is 0 Å². The highest BCUT2D eigenvalue weighted by atomic mass is 35.5. The molecule has 0 spiro atoms. The van der Waals surface area contributed by atoms with Gasteiger partial charge in [0.2, 0.25) is 0 Å². The summed E-state index contributed by atoms with van der Waals surface area (Å²) in [6, 6.07) is 17.6. The number of hydrogen-bond donors (Lipinski definition) is 0. The van der Waals surface area contributed by atoms with Crippen LogP contribution in [0.15, 0.2) is 81.7 Å². The fourth-order valence-corrected chi connectivity index (χ4v) is 6.40. The maximum atomic E-state index is 14.0. The molecule has 5 rings (SSSR count). The first-order chi connectivity index (χ1) is 21.1. The minimum absolute atomic E-state index is 0.180. The van der Waals surface area contributed by atoms with Crippen molar-refractivity contribution in [2.45, 2.75) is 26.5 Å². The number of carbonyl (C=O) groups excluding carboxylic acids is 1. The number of anilines is 1. The topological polar surface area (TPSA) is 82.4 Å². The van der Waals surface area contributed by atoms with Crippen LogP contribution in [0.2, 0.25) is 10.0 Å². The van der Waals surface area contributed by atoms with Gasteiger partial charge in [0.15, 0.2) is 16.3 Å². The van der Waals surface area contributed by atoms with Crippen LogP contribution in [-0.2, 0) is 16.1 Å². The molecule has 0 aliphatic carbocycles. The van der Waals surface area contributed by atoms with Gasteiger partial charge in [0.05, 0.1) is 35.6 Å². The van der Waals surface area contributed by atoms with Crippen LogP contribution in [-0.4, -0.2) is 38.3 Å². The van der Waals surface area contributed by atoms with Gasteiger partial charge in [0.25, 0.3) is 5.56 Å². The van der Waals surface area contributed by atoms with Crippen LogP contribution in [0.3, 0.4) is 0 Å². The van der Waals surface area contributed by atoms with Gasteiger partial charge in [0.1, 0.15) is 6.61 Å². The molecule has 4 aromatic rings. The smallest absolute Gasteiger partial charge is 0.338 e. The zero-order chi connectivity index (χ0) is 31.5. The number of methoxy groups -OCH3 is 1.